The molecule has 17 heavy (non-hydrogen) atoms. The number of halogens is 4. The lowest BCUT2D eigenvalue weighted by Gasteiger charge is -2.31. The molecule has 1 heterocycles. The normalized spacial score (nSPS) is 30.0. The monoisotopic (exact) mass is 336 g/mol. The van der Waals surface area contributed by atoms with E-state index in [9.17, 15) is 8.78 Å². The molecule has 1 aliphatic rings. The third kappa shape index (κ3) is 3.48. The smallest absolute Gasteiger partial charge is 0.371 e. The highest BCUT2D eigenvalue weighted by Gasteiger charge is 2.59. The van der Waals surface area contributed by atoms with Crippen LogP contribution < -0.4 is 0 Å². The molecule has 1 unspecified atom stereocenters. The van der Waals surface area contributed by atoms with E-state index in [1.807, 2.05) is 0 Å². The molecule has 0 radical (unpaired) electrons. The van der Waals surface area contributed by atoms with Crippen LogP contribution in [0.2, 0.25) is 0 Å². The third-order valence-corrected chi connectivity index (χ3v) is 3.57. The van der Waals surface area contributed by atoms with E-state index >= 15 is 0 Å². The number of rotatable bonds is 6. The zero-order valence-electron chi connectivity index (χ0n) is 9.76. The van der Waals surface area contributed by atoms with Crippen molar-refractivity contribution < 1.29 is 18.3 Å². The summed E-state index contributed by atoms with van der Waals surface area (Å²) in [4.78, 5) is 1.86. The first kappa shape index (κ1) is 15.5. The van der Waals surface area contributed by atoms with E-state index in [1.165, 1.54) is 14.2 Å². The molecular formula is C9H16BrClF2N2O2. The average molecular weight is 338 g/mol. The van der Waals surface area contributed by atoms with Gasteiger partial charge in [-0.25, -0.2) is 4.90 Å². The van der Waals surface area contributed by atoms with E-state index in [4.69, 9.17) is 21.1 Å². The predicted octanol–water partition coefficient (Wildman–Crippen LogP) is 1.73. The van der Waals surface area contributed by atoms with Crippen LogP contribution in [0.3, 0.4) is 0 Å². The highest BCUT2D eigenvalue weighted by Crippen LogP contribution is 2.45. The Bertz CT molecular complexity index is 259. The van der Waals surface area contributed by atoms with Gasteiger partial charge in [0.15, 0.2) is 3.91 Å². The van der Waals surface area contributed by atoms with Crippen molar-refractivity contribution in [2.24, 2.45) is 0 Å². The number of ether oxygens (including phenoxy) is 2. The molecule has 102 valence electrons. The molecule has 1 rings (SSSR count). The van der Waals surface area contributed by atoms with Crippen LogP contribution >= 0.6 is 27.5 Å². The second-order valence-corrected chi connectivity index (χ2v) is 6.13. The quantitative estimate of drug-likeness (QED) is 0.544. The molecule has 0 aromatic rings. The maximum Gasteiger partial charge on any atom is 0.371 e. The summed E-state index contributed by atoms with van der Waals surface area (Å²) in [5, 5.41) is 0. The van der Waals surface area contributed by atoms with Crippen molar-refractivity contribution in [3.8, 4) is 0 Å². The Morgan fingerprint density at radius 3 is 2.29 bits per heavy atom. The van der Waals surface area contributed by atoms with Gasteiger partial charge >= 0.3 is 6.17 Å². The largest absolute Gasteiger partial charge is 0.383 e. The molecule has 0 amide bonds. The first-order valence-electron chi connectivity index (χ1n) is 5.12. The van der Waals surface area contributed by atoms with Crippen LogP contribution in [-0.4, -0.2) is 66.9 Å². The van der Waals surface area contributed by atoms with Gasteiger partial charge in [-0.1, -0.05) is 11.6 Å². The minimum absolute atomic E-state index is 0.00856. The molecule has 0 aliphatic carbocycles. The van der Waals surface area contributed by atoms with Gasteiger partial charge in [0.2, 0.25) is 0 Å². The maximum absolute atomic E-state index is 14.0. The van der Waals surface area contributed by atoms with Crippen LogP contribution in [0, 0.1) is 0 Å². The SMILES string of the molecule is COCCN1CC(Cl)(Br)N(CCOC)C1(F)F. The van der Waals surface area contributed by atoms with Crippen LogP contribution in [0.25, 0.3) is 0 Å². The zero-order chi connectivity index (χ0) is 13.1. The van der Waals surface area contributed by atoms with Crippen molar-refractivity contribution in [1.29, 1.82) is 0 Å². The fourth-order valence-corrected chi connectivity index (χ4v) is 2.70. The average Bonchev–Trinajstić information content (AvgIpc) is 2.40. The minimum atomic E-state index is -3.11. The fourth-order valence-electron chi connectivity index (χ4n) is 1.67. The van der Waals surface area contributed by atoms with E-state index in [0.717, 1.165) is 9.80 Å². The van der Waals surface area contributed by atoms with E-state index in [0.29, 0.717) is 0 Å². The van der Waals surface area contributed by atoms with Crippen LogP contribution in [0.1, 0.15) is 0 Å². The van der Waals surface area contributed by atoms with Gasteiger partial charge in [-0.3, -0.25) is 0 Å². The summed E-state index contributed by atoms with van der Waals surface area (Å²) < 4.78 is 36.4. The van der Waals surface area contributed by atoms with Gasteiger partial charge < -0.3 is 9.47 Å². The number of hydrogen-bond donors (Lipinski definition) is 0. The molecule has 0 saturated carbocycles. The van der Waals surface area contributed by atoms with Crippen molar-refractivity contribution in [1.82, 2.24) is 9.80 Å². The first-order valence-corrected chi connectivity index (χ1v) is 6.29. The van der Waals surface area contributed by atoms with Gasteiger partial charge in [-0.05, 0) is 15.9 Å². The molecule has 1 saturated heterocycles. The fraction of sp³-hybridized carbons (Fsp3) is 1.00. The minimum Gasteiger partial charge on any atom is -0.383 e. The maximum atomic E-state index is 14.0. The summed E-state index contributed by atoms with van der Waals surface area (Å²) in [5.74, 6) is 0. The van der Waals surface area contributed by atoms with Gasteiger partial charge in [-0.2, -0.15) is 13.7 Å². The molecule has 1 aliphatic heterocycles. The molecular weight excluding hydrogens is 321 g/mol. The molecule has 0 aromatic heterocycles. The summed E-state index contributed by atoms with van der Waals surface area (Å²) in [6.45, 7) is 0.588. The zero-order valence-corrected chi connectivity index (χ0v) is 12.1. The third-order valence-electron chi connectivity index (χ3n) is 2.57. The van der Waals surface area contributed by atoms with Gasteiger partial charge in [0.25, 0.3) is 0 Å². The molecule has 0 spiro atoms. The molecule has 1 fully saturated rings. The molecule has 8 heteroatoms. The Hall–Kier alpha value is 0.470. The van der Waals surface area contributed by atoms with E-state index < -0.39 is 10.1 Å². The Balaban J connectivity index is 2.73. The summed E-state index contributed by atoms with van der Waals surface area (Å²) in [6.07, 6.45) is -3.11. The topological polar surface area (TPSA) is 24.9 Å². The summed E-state index contributed by atoms with van der Waals surface area (Å²) in [5.41, 5.74) is 0. The van der Waals surface area contributed by atoms with Crippen LogP contribution in [-0.2, 0) is 9.47 Å². The molecule has 4 nitrogen and oxygen atoms in total. The lowest BCUT2D eigenvalue weighted by Crippen LogP contribution is -2.50. The summed E-state index contributed by atoms with van der Waals surface area (Å²) >= 11 is 9.17. The highest BCUT2D eigenvalue weighted by atomic mass is 79.9. The van der Waals surface area contributed by atoms with Gasteiger partial charge in [0, 0.05) is 33.9 Å². The summed E-state index contributed by atoms with van der Waals surface area (Å²) in [6, 6.07) is 0. The molecule has 0 aromatic carbocycles. The van der Waals surface area contributed by atoms with E-state index in [2.05, 4.69) is 15.9 Å². The van der Waals surface area contributed by atoms with Gasteiger partial charge in [0.1, 0.15) is 0 Å². The van der Waals surface area contributed by atoms with Crippen molar-refractivity contribution in [2.75, 3.05) is 47.1 Å². The first-order chi connectivity index (χ1) is 7.86. The standard InChI is InChI=1S/C9H16BrClF2N2O2/c1-16-5-3-14-7-8(10,11)15(4-6-17-2)9(14,12)13/h3-7H2,1-2H3. The van der Waals surface area contributed by atoms with E-state index in [-0.39, 0.29) is 32.8 Å². The lowest BCUT2D eigenvalue weighted by molar-refractivity contribution is -0.217. The Morgan fingerprint density at radius 2 is 1.76 bits per heavy atom. The van der Waals surface area contributed by atoms with Gasteiger partial charge in [-0.15, -0.1) is 0 Å². The van der Waals surface area contributed by atoms with Crippen molar-refractivity contribution in [2.45, 2.75) is 10.1 Å². The number of hydrogen-bond acceptors (Lipinski definition) is 4. The van der Waals surface area contributed by atoms with Crippen molar-refractivity contribution in [3.05, 3.63) is 0 Å². The molecule has 0 bridgehead atoms. The number of methoxy groups -OCH3 is 2. The van der Waals surface area contributed by atoms with Crippen LogP contribution in [0.4, 0.5) is 8.78 Å². The second kappa shape index (κ2) is 6.08. The predicted molar refractivity (Wildman–Crippen MR) is 64.5 cm³/mol. The van der Waals surface area contributed by atoms with Crippen LogP contribution in [0.15, 0.2) is 0 Å². The number of alkyl halides is 4. The van der Waals surface area contributed by atoms with Crippen molar-refractivity contribution in [3.63, 3.8) is 0 Å². The Labute approximate surface area is 113 Å². The van der Waals surface area contributed by atoms with Gasteiger partial charge in [0.05, 0.1) is 13.2 Å². The summed E-state index contributed by atoms with van der Waals surface area (Å²) in [7, 11) is 2.93. The highest BCUT2D eigenvalue weighted by molar-refractivity contribution is 9.10. The second-order valence-electron chi connectivity index (χ2n) is 3.73. The van der Waals surface area contributed by atoms with Crippen molar-refractivity contribution >= 4 is 27.5 Å². The lowest BCUT2D eigenvalue weighted by atomic mass is 10.5. The Kier molecular flexibility index (Phi) is 5.55. The van der Waals surface area contributed by atoms with E-state index in [1.54, 1.807) is 0 Å². The van der Waals surface area contributed by atoms with Crippen LogP contribution in [0.5, 0.6) is 0 Å². The number of nitrogens with zero attached hydrogens (tertiary/aromatic N) is 2. The molecule has 1 atom stereocenters. The molecule has 0 N–H and O–H groups in total. The Morgan fingerprint density at radius 1 is 1.24 bits per heavy atom.